The molecule has 9 heteroatoms. The number of amides is 2. The standard InChI is InChI=1S/C25H25F2N3O4/c1-34-25(33)22(12-16-14-28-21-5-3-2-4-18(16)21)29-23(31)15-8-10-30(11-9-15)24(32)19-7-6-17(26)13-20(19)27/h2-7,13-15,22,28H,8-12H2,1H3,(H,29,31)/t22-/m1/s1. The van der Waals surface area contributed by atoms with Gasteiger partial charge in [0.15, 0.2) is 0 Å². The Morgan fingerprint density at radius 3 is 2.59 bits per heavy atom. The summed E-state index contributed by atoms with van der Waals surface area (Å²) in [7, 11) is 1.27. The zero-order chi connectivity index (χ0) is 24.2. The summed E-state index contributed by atoms with van der Waals surface area (Å²) in [6.07, 6.45) is 2.80. The van der Waals surface area contributed by atoms with E-state index in [-0.39, 0.29) is 31.0 Å². The van der Waals surface area contributed by atoms with Crippen molar-refractivity contribution in [1.29, 1.82) is 0 Å². The van der Waals surface area contributed by atoms with E-state index in [2.05, 4.69) is 10.3 Å². The van der Waals surface area contributed by atoms with Gasteiger partial charge in [-0.1, -0.05) is 18.2 Å². The molecule has 3 aromatic rings. The molecule has 7 nitrogen and oxygen atoms in total. The molecule has 0 bridgehead atoms. The number of piperidine rings is 1. The highest BCUT2D eigenvalue weighted by atomic mass is 19.1. The Balaban J connectivity index is 1.38. The minimum Gasteiger partial charge on any atom is -0.467 e. The van der Waals surface area contributed by atoms with Crippen LogP contribution in [0.2, 0.25) is 0 Å². The smallest absolute Gasteiger partial charge is 0.328 e. The topological polar surface area (TPSA) is 91.5 Å². The van der Waals surface area contributed by atoms with E-state index >= 15 is 0 Å². The zero-order valence-electron chi connectivity index (χ0n) is 18.6. The maximum absolute atomic E-state index is 14.0. The number of hydrogen-bond donors (Lipinski definition) is 2. The number of halogens is 2. The van der Waals surface area contributed by atoms with Crippen LogP contribution in [-0.4, -0.2) is 53.9 Å². The molecule has 0 saturated carbocycles. The Bertz CT molecular complexity index is 1220. The van der Waals surface area contributed by atoms with Gasteiger partial charge >= 0.3 is 5.97 Å². The van der Waals surface area contributed by atoms with Crippen LogP contribution in [0.1, 0.15) is 28.8 Å². The fourth-order valence-corrected chi connectivity index (χ4v) is 4.32. The summed E-state index contributed by atoms with van der Waals surface area (Å²) < 4.78 is 32.0. The molecule has 0 aliphatic carbocycles. The fourth-order valence-electron chi connectivity index (χ4n) is 4.32. The number of ether oxygens (including phenoxy) is 1. The quantitative estimate of drug-likeness (QED) is 0.543. The van der Waals surface area contributed by atoms with E-state index in [4.69, 9.17) is 4.74 Å². The number of rotatable bonds is 6. The molecule has 2 amide bonds. The molecule has 4 rings (SSSR count). The van der Waals surface area contributed by atoms with E-state index in [0.29, 0.717) is 18.9 Å². The van der Waals surface area contributed by atoms with Crippen LogP contribution >= 0.6 is 0 Å². The summed E-state index contributed by atoms with van der Waals surface area (Å²) >= 11 is 0. The highest BCUT2D eigenvalue weighted by Crippen LogP contribution is 2.22. The molecule has 1 aliphatic heterocycles. The number of aromatic nitrogens is 1. The maximum atomic E-state index is 14.0. The van der Waals surface area contributed by atoms with Crippen LogP contribution in [0.5, 0.6) is 0 Å². The first-order valence-electron chi connectivity index (χ1n) is 11.0. The number of para-hydroxylation sites is 1. The molecule has 2 heterocycles. The van der Waals surface area contributed by atoms with Crippen LogP contribution in [0.15, 0.2) is 48.7 Å². The summed E-state index contributed by atoms with van der Waals surface area (Å²) in [5.74, 6) is -3.45. The van der Waals surface area contributed by atoms with Crippen molar-refractivity contribution < 1.29 is 27.9 Å². The SMILES string of the molecule is COC(=O)[C@@H](Cc1c[nH]c2ccccc12)NC(=O)C1CCN(C(=O)c2ccc(F)cc2F)CC1. The van der Waals surface area contributed by atoms with Crippen LogP contribution in [0.25, 0.3) is 10.9 Å². The Labute approximate surface area is 195 Å². The second kappa shape index (κ2) is 10.0. The number of aromatic amines is 1. The Kier molecular flexibility index (Phi) is 6.90. The lowest BCUT2D eigenvalue weighted by atomic mass is 9.94. The van der Waals surface area contributed by atoms with Gasteiger partial charge in [0.2, 0.25) is 5.91 Å². The van der Waals surface area contributed by atoms with Crippen LogP contribution < -0.4 is 5.32 Å². The molecule has 1 fully saturated rings. The molecular weight excluding hydrogens is 444 g/mol. The average Bonchev–Trinajstić information content (AvgIpc) is 3.25. The number of methoxy groups -OCH3 is 1. The lowest BCUT2D eigenvalue weighted by Gasteiger charge is -2.32. The second-order valence-corrected chi connectivity index (χ2v) is 8.34. The van der Waals surface area contributed by atoms with E-state index in [0.717, 1.165) is 28.6 Å². The first-order valence-corrected chi connectivity index (χ1v) is 11.0. The number of esters is 1. The zero-order valence-corrected chi connectivity index (χ0v) is 18.6. The molecule has 1 aliphatic rings. The van der Waals surface area contributed by atoms with Gasteiger partial charge in [-0.2, -0.15) is 0 Å². The van der Waals surface area contributed by atoms with E-state index in [1.165, 1.54) is 12.0 Å². The van der Waals surface area contributed by atoms with Crippen molar-refractivity contribution in [2.45, 2.75) is 25.3 Å². The van der Waals surface area contributed by atoms with Crippen molar-refractivity contribution in [3.63, 3.8) is 0 Å². The third-order valence-electron chi connectivity index (χ3n) is 6.22. The summed E-state index contributed by atoms with van der Waals surface area (Å²) in [6.45, 7) is 0.498. The Hall–Kier alpha value is -3.75. The van der Waals surface area contributed by atoms with Gasteiger partial charge in [0.25, 0.3) is 5.91 Å². The summed E-state index contributed by atoms with van der Waals surface area (Å²) in [6, 6.07) is 9.65. The molecule has 1 aromatic heterocycles. The molecule has 0 unspecified atom stereocenters. The van der Waals surface area contributed by atoms with Gasteiger partial charge in [-0.15, -0.1) is 0 Å². The van der Waals surface area contributed by atoms with Crippen molar-refractivity contribution >= 4 is 28.7 Å². The number of nitrogens with one attached hydrogen (secondary N) is 2. The van der Waals surface area contributed by atoms with E-state index in [9.17, 15) is 23.2 Å². The average molecular weight is 469 g/mol. The lowest BCUT2D eigenvalue weighted by Crippen LogP contribution is -2.48. The molecule has 1 saturated heterocycles. The normalized spacial score (nSPS) is 15.2. The first kappa shape index (κ1) is 23.4. The lowest BCUT2D eigenvalue weighted by molar-refractivity contribution is -0.145. The Morgan fingerprint density at radius 2 is 1.88 bits per heavy atom. The van der Waals surface area contributed by atoms with Crippen molar-refractivity contribution in [2.75, 3.05) is 20.2 Å². The molecule has 1 atom stereocenters. The summed E-state index contributed by atoms with van der Waals surface area (Å²) in [5, 5.41) is 3.76. The number of H-pyrrole nitrogens is 1. The van der Waals surface area contributed by atoms with E-state index in [1.807, 2.05) is 30.5 Å². The monoisotopic (exact) mass is 469 g/mol. The van der Waals surface area contributed by atoms with Gasteiger partial charge < -0.3 is 19.9 Å². The predicted molar refractivity (Wildman–Crippen MR) is 121 cm³/mol. The minimum absolute atomic E-state index is 0.200. The molecule has 2 N–H and O–H groups in total. The van der Waals surface area contributed by atoms with Crippen molar-refractivity contribution in [3.8, 4) is 0 Å². The van der Waals surface area contributed by atoms with Crippen LogP contribution in [0.3, 0.4) is 0 Å². The maximum Gasteiger partial charge on any atom is 0.328 e. The van der Waals surface area contributed by atoms with Crippen LogP contribution in [0.4, 0.5) is 8.78 Å². The number of benzene rings is 2. The molecule has 0 spiro atoms. The summed E-state index contributed by atoms with van der Waals surface area (Å²) in [5.41, 5.74) is 1.61. The molecule has 2 aromatic carbocycles. The predicted octanol–water partition coefficient (Wildman–Crippen LogP) is 3.20. The Morgan fingerprint density at radius 1 is 1.15 bits per heavy atom. The van der Waals surface area contributed by atoms with Crippen LogP contribution in [-0.2, 0) is 20.7 Å². The van der Waals surface area contributed by atoms with Gasteiger partial charge in [0.1, 0.15) is 17.7 Å². The number of likely N-dealkylation sites (tertiary alicyclic amines) is 1. The summed E-state index contributed by atoms with van der Waals surface area (Å²) in [4.78, 5) is 42.5. The van der Waals surface area contributed by atoms with Crippen LogP contribution in [0, 0.1) is 17.6 Å². The number of nitrogens with zero attached hydrogens (tertiary/aromatic N) is 1. The molecule has 34 heavy (non-hydrogen) atoms. The third-order valence-corrected chi connectivity index (χ3v) is 6.22. The van der Waals surface area contributed by atoms with Gasteiger partial charge in [-0.3, -0.25) is 9.59 Å². The number of hydrogen-bond acceptors (Lipinski definition) is 4. The number of fused-ring (bicyclic) bond motifs is 1. The highest BCUT2D eigenvalue weighted by Gasteiger charge is 2.31. The van der Waals surface area contributed by atoms with Crippen molar-refractivity contribution in [2.24, 2.45) is 5.92 Å². The second-order valence-electron chi connectivity index (χ2n) is 8.34. The largest absolute Gasteiger partial charge is 0.467 e. The van der Waals surface area contributed by atoms with Gasteiger partial charge in [0.05, 0.1) is 12.7 Å². The molecule has 0 radical (unpaired) electrons. The fraction of sp³-hybridized carbons (Fsp3) is 0.320. The molecular formula is C25H25F2N3O4. The third kappa shape index (κ3) is 4.93. The van der Waals surface area contributed by atoms with Gasteiger partial charge in [-0.05, 0) is 36.6 Å². The van der Waals surface area contributed by atoms with E-state index in [1.54, 1.807) is 0 Å². The van der Waals surface area contributed by atoms with Gasteiger partial charge in [-0.25, -0.2) is 13.6 Å². The first-order chi connectivity index (χ1) is 16.4. The van der Waals surface area contributed by atoms with Crippen molar-refractivity contribution in [1.82, 2.24) is 15.2 Å². The number of carbonyl (C=O) groups excluding carboxylic acids is 3. The molecule has 178 valence electrons. The highest BCUT2D eigenvalue weighted by molar-refractivity contribution is 5.95. The van der Waals surface area contributed by atoms with Crippen molar-refractivity contribution in [3.05, 3.63) is 71.4 Å². The minimum atomic E-state index is -0.914. The number of carbonyl (C=O) groups is 3. The van der Waals surface area contributed by atoms with Gasteiger partial charge in [0, 0.05) is 48.6 Å². The van der Waals surface area contributed by atoms with E-state index < -0.39 is 35.5 Å².